The zero-order valence-electron chi connectivity index (χ0n) is 13.3. The van der Waals surface area contributed by atoms with Gasteiger partial charge in [0.1, 0.15) is 0 Å². The van der Waals surface area contributed by atoms with Crippen molar-refractivity contribution < 1.29 is 14.3 Å². The second kappa shape index (κ2) is 9.50. The number of nitrogens with zero attached hydrogens (tertiary/aromatic N) is 1. The molecule has 1 unspecified atom stereocenters. The highest BCUT2D eigenvalue weighted by atomic mass is 35.5. The van der Waals surface area contributed by atoms with Crippen molar-refractivity contribution in [3.05, 3.63) is 29.8 Å². The van der Waals surface area contributed by atoms with Gasteiger partial charge in [-0.05, 0) is 24.6 Å². The summed E-state index contributed by atoms with van der Waals surface area (Å²) in [6.07, 6.45) is 0.658. The molecule has 0 aliphatic carbocycles. The number of nitrogens with one attached hydrogen (secondary N) is 1. The molecule has 0 bridgehead atoms. The average molecular weight is 342 g/mol. The summed E-state index contributed by atoms with van der Waals surface area (Å²) < 4.78 is 5.24. The summed E-state index contributed by atoms with van der Waals surface area (Å²) in [6, 6.07) is 7.17. The van der Waals surface area contributed by atoms with Gasteiger partial charge >= 0.3 is 0 Å². The van der Waals surface area contributed by atoms with E-state index in [0.717, 1.165) is 5.56 Å². The molecule has 0 aromatic heterocycles. The Balaban J connectivity index is 0.00000264. The third-order valence-electron chi connectivity index (χ3n) is 3.46. The molecule has 1 atom stereocenters. The highest BCUT2D eigenvalue weighted by Crippen LogP contribution is 2.12. The lowest BCUT2D eigenvalue weighted by Crippen LogP contribution is -2.41. The molecule has 2 amide bonds. The third kappa shape index (κ3) is 6.56. The SMILES string of the molecule is CC(N)CC(=O)Nc1ccc(CC(=O)N2CCOCC2)cc1.Cl. The number of rotatable bonds is 5. The zero-order chi connectivity index (χ0) is 15.9. The Labute approximate surface area is 142 Å². The van der Waals surface area contributed by atoms with Gasteiger partial charge in [0.2, 0.25) is 11.8 Å². The van der Waals surface area contributed by atoms with Crippen LogP contribution in [0.5, 0.6) is 0 Å². The van der Waals surface area contributed by atoms with E-state index in [1.165, 1.54) is 0 Å². The summed E-state index contributed by atoms with van der Waals surface area (Å²) in [7, 11) is 0. The number of morpholine rings is 1. The zero-order valence-corrected chi connectivity index (χ0v) is 14.1. The molecule has 1 aliphatic heterocycles. The molecule has 2 rings (SSSR count). The first-order valence-electron chi connectivity index (χ1n) is 7.54. The topological polar surface area (TPSA) is 84.7 Å². The summed E-state index contributed by atoms with van der Waals surface area (Å²) >= 11 is 0. The second-order valence-corrected chi connectivity index (χ2v) is 5.60. The molecule has 0 spiro atoms. The van der Waals surface area contributed by atoms with Crippen LogP contribution in [0.2, 0.25) is 0 Å². The number of carbonyl (C=O) groups excluding carboxylic acids is 2. The molecule has 1 aromatic carbocycles. The molecule has 1 heterocycles. The number of carbonyl (C=O) groups is 2. The molecule has 1 aliphatic rings. The molecular formula is C16H24ClN3O3. The van der Waals surface area contributed by atoms with E-state index in [0.29, 0.717) is 38.4 Å². The maximum atomic E-state index is 12.1. The predicted octanol–water partition coefficient (Wildman–Crippen LogP) is 1.19. The monoisotopic (exact) mass is 341 g/mol. The Morgan fingerprint density at radius 2 is 1.87 bits per heavy atom. The molecule has 23 heavy (non-hydrogen) atoms. The Hall–Kier alpha value is -1.63. The standard InChI is InChI=1S/C16H23N3O3.ClH/c1-12(17)10-15(20)18-14-4-2-13(3-5-14)11-16(21)19-6-8-22-9-7-19;/h2-5,12H,6-11,17H2,1H3,(H,18,20);1H. The number of hydrogen-bond acceptors (Lipinski definition) is 4. The van der Waals surface area contributed by atoms with E-state index in [1.54, 1.807) is 19.1 Å². The average Bonchev–Trinajstić information content (AvgIpc) is 2.49. The molecule has 1 fully saturated rings. The highest BCUT2D eigenvalue weighted by Gasteiger charge is 2.16. The third-order valence-corrected chi connectivity index (χ3v) is 3.46. The van der Waals surface area contributed by atoms with Gasteiger partial charge in [0.25, 0.3) is 0 Å². The first kappa shape index (κ1) is 19.4. The van der Waals surface area contributed by atoms with Gasteiger partial charge < -0.3 is 20.7 Å². The summed E-state index contributed by atoms with van der Waals surface area (Å²) in [6.45, 7) is 4.32. The number of benzene rings is 1. The van der Waals surface area contributed by atoms with Crippen molar-refractivity contribution in [3.63, 3.8) is 0 Å². The number of nitrogens with two attached hydrogens (primary N) is 1. The fourth-order valence-corrected chi connectivity index (χ4v) is 2.31. The van der Waals surface area contributed by atoms with Crippen molar-refractivity contribution in [1.29, 1.82) is 0 Å². The number of halogens is 1. The van der Waals surface area contributed by atoms with Crippen LogP contribution in [0, 0.1) is 0 Å². The Kier molecular flexibility index (Phi) is 8.02. The summed E-state index contributed by atoms with van der Waals surface area (Å²) in [5.74, 6) is 0.00388. The molecule has 7 heteroatoms. The first-order chi connectivity index (χ1) is 10.5. The van der Waals surface area contributed by atoms with Crippen LogP contribution in [0.3, 0.4) is 0 Å². The van der Waals surface area contributed by atoms with Crippen molar-refractivity contribution in [3.8, 4) is 0 Å². The van der Waals surface area contributed by atoms with Crippen LogP contribution in [0.15, 0.2) is 24.3 Å². The molecule has 1 saturated heterocycles. The molecule has 0 radical (unpaired) electrons. The van der Waals surface area contributed by atoms with Gasteiger partial charge in [0.05, 0.1) is 19.6 Å². The first-order valence-corrected chi connectivity index (χ1v) is 7.54. The molecule has 1 aromatic rings. The van der Waals surface area contributed by atoms with Crippen molar-refractivity contribution in [1.82, 2.24) is 4.90 Å². The summed E-state index contributed by atoms with van der Waals surface area (Å²) in [5.41, 5.74) is 7.23. The van der Waals surface area contributed by atoms with Crippen LogP contribution in [0.25, 0.3) is 0 Å². The van der Waals surface area contributed by atoms with Crippen LogP contribution in [0.4, 0.5) is 5.69 Å². The maximum absolute atomic E-state index is 12.1. The van der Waals surface area contributed by atoms with Crippen molar-refractivity contribution in [2.45, 2.75) is 25.8 Å². The van der Waals surface area contributed by atoms with E-state index < -0.39 is 0 Å². The molecule has 3 N–H and O–H groups in total. The van der Waals surface area contributed by atoms with E-state index in [4.69, 9.17) is 10.5 Å². The van der Waals surface area contributed by atoms with Crippen LogP contribution in [-0.2, 0) is 20.7 Å². The van der Waals surface area contributed by atoms with Crippen molar-refractivity contribution in [2.24, 2.45) is 5.73 Å². The number of ether oxygens (including phenoxy) is 1. The number of hydrogen-bond donors (Lipinski definition) is 2. The second-order valence-electron chi connectivity index (χ2n) is 5.60. The lowest BCUT2D eigenvalue weighted by molar-refractivity contribution is -0.134. The van der Waals surface area contributed by atoms with Crippen LogP contribution in [0.1, 0.15) is 18.9 Å². The normalized spacial score (nSPS) is 15.5. The predicted molar refractivity (Wildman–Crippen MR) is 91.7 cm³/mol. The Morgan fingerprint density at radius 3 is 2.43 bits per heavy atom. The lowest BCUT2D eigenvalue weighted by atomic mass is 10.1. The van der Waals surface area contributed by atoms with Gasteiger partial charge in [-0.15, -0.1) is 12.4 Å². The lowest BCUT2D eigenvalue weighted by Gasteiger charge is -2.26. The van der Waals surface area contributed by atoms with Crippen LogP contribution < -0.4 is 11.1 Å². The molecule has 128 valence electrons. The fourth-order valence-electron chi connectivity index (χ4n) is 2.31. The minimum Gasteiger partial charge on any atom is -0.378 e. The van der Waals surface area contributed by atoms with Gasteiger partial charge in [-0.1, -0.05) is 12.1 Å². The van der Waals surface area contributed by atoms with E-state index in [1.807, 2.05) is 17.0 Å². The number of anilines is 1. The van der Waals surface area contributed by atoms with E-state index in [9.17, 15) is 9.59 Å². The van der Waals surface area contributed by atoms with Crippen molar-refractivity contribution in [2.75, 3.05) is 31.6 Å². The maximum Gasteiger partial charge on any atom is 0.227 e. The van der Waals surface area contributed by atoms with Gasteiger partial charge in [-0.2, -0.15) is 0 Å². The highest BCUT2D eigenvalue weighted by molar-refractivity contribution is 5.91. The van der Waals surface area contributed by atoms with E-state index in [2.05, 4.69) is 5.32 Å². The molecule has 6 nitrogen and oxygen atoms in total. The van der Waals surface area contributed by atoms with Gasteiger partial charge in [0, 0.05) is 31.2 Å². The Bertz CT molecular complexity index is 514. The van der Waals surface area contributed by atoms with Gasteiger partial charge in [-0.3, -0.25) is 9.59 Å². The fraction of sp³-hybridized carbons (Fsp3) is 0.500. The molecular weight excluding hydrogens is 318 g/mol. The van der Waals surface area contributed by atoms with Crippen molar-refractivity contribution >= 4 is 29.9 Å². The summed E-state index contributed by atoms with van der Waals surface area (Å²) in [4.78, 5) is 25.6. The van der Waals surface area contributed by atoms with Gasteiger partial charge in [-0.25, -0.2) is 0 Å². The van der Waals surface area contributed by atoms with E-state index in [-0.39, 0.29) is 36.7 Å². The van der Waals surface area contributed by atoms with Crippen LogP contribution in [-0.4, -0.2) is 49.1 Å². The summed E-state index contributed by atoms with van der Waals surface area (Å²) in [5, 5.41) is 2.79. The minimum absolute atomic E-state index is 0. The quantitative estimate of drug-likeness (QED) is 0.842. The minimum atomic E-state index is -0.162. The molecule has 0 saturated carbocycles. The van der Waals surface area contributed by atoms with Crippen LogP contribution >= 0.6 is 12.4 Å². The van der Waals surface area contributed by atoms with Gasteiger partial charge in [0.15, 0.2) is 0 Å². The largest absolute Gasteiger partial charge is 0.378 e. The smallest absolute Gasteiger partial charge is 0.227 e. The number of amides is 2. The Morgan fingerprint density at radius 1 is 1.26 bits per heavy atom. The van der Waals surface area contributed by atoms with E-state index >= 15 is 0 Å².